The van der Waals surface area contributed by atoms with Crippen molar-refractivity contribution >= 4 is 26.7 Å². The Morgan fingerprint density at radius 3 is 2.89 bits per heavy atom. The molecule has 27 heavy (non-hydrogen) atoms. The van der Waals surface area contributed by atoms with Crippen molar-refractivity contribution in [3.63, 3.8) is 0 Å². The van der Waals surface area contributed by atoms with Gasteiger partial charge in [-0.3, -0.25) is 9.98 Å². The Bertz CT molecular complexity index is 998. The fourth-order valence-electron chi connectivity index (χ4n) is 3.40. The van der Waals surface area contributed by atoms with E-state index in [-0.39, 0.29) is 11.4 Å². The third-order valence-corrected chi connectivity index (χ3v) is 6.74. The Hall–Kier alpha value is -2.17. The standard InChI is InChI=1S/C17H23N5O4S/c18-17-20-15-12-13(2-3-14(15)16-19-4-5-22(16)17)26-8-1-11-27(23,24)21-6-9-25-10-7-21/h2-3,12,18-19H,1,4-11H2. The lowest BCUT2D eigenvalue weighted by Crippen LogP contribution is -2.42. The molecule has 1 saturated heterocycles. The summed E-state index contributed by atoms with van der Waals surface area (Å²) >= 11 is 0. The van der Waals surface area contributed by atoms with Crippen LogP contribution in [0.3, 0.4) is 0 Å². The first-order valence-electron chi connectivity index (χ1n) is 9.06. The van der Waals surface area contributed by atoms with Crippen molar-refractivity contribution in [1.82, 2.24) is 13.9 Å². The summed E-state index contributed by atoms with van der Waals surface area (Å²) in [7, 11) is -3.26. The summed E-state index contributed by atoms with van der Waals surface area (Å²) in [5.74, 6) is 1.60. The predicted octanol–water partition coefficient (Wildman–Crippen LogP) is 0.372. The Labute approximate surface area is 157 Å². The van der Waals surface area contributed by atoms with Crippen LogP contribution in [0.4, 0.5) is 5.82 Å². The summed E-state index contributed by atoms with van der Waals surface area (Å²) in [5.41, 5.74) is 0.912. The number of nitrogens with one attached hydrogen (secondary N) is 2. The van der Waals surface area contributed by atoms with E-state index in [9.17, 15) is 8.42 Å². The van der Waals surface area contributed by atoms with Crippen molar-refractivity contribution in [3.8, 4) is 5.75 Å². The summed E-state index contributed by atoms with van der Waals surface area (Å²) < 4.78 is 38.8. The smallest absolute Gasteiger partial charge is 0.224 e. The maximum Gasteiger partial charge on any atom is 0.224 e. The van der Waals surface area contributed by atoms with Crippen LogP contribution < -0.4 is 15.7 Å². The van der Waals surface area contributed by atoms with Gasteiger partial charge in [0.2, 0.25) is 15.6 Å². The fraction of sp³-hybridized carbons (Fsp3) is 0.529. The highest BCUT2D eigenvalue weighted by atomic mass is 32.2. The van der Waals surface area contributed by atoms with Gasteiger partial charge in [0.1, 0.15) is 11.6 Å². The van der Waals surface area contributed by atoms with Gasteiger partial charge in [-0.1, -0.05) is 0 Å². The highest BCUT2D eigenvalue weighted by molar-refractivity contribution is 7.89. The number of rotatable bonds is 6. The highest BCUT2D eigenvalue weighted by Crippen LogP contribution is 2.26. The molecule has 2 N–H and O–H groups in total. The predicted molar refractivity (Wildman–Crippen MR) is 100 cm³/mol. The molecule has 2 aromatic rings. The maximum atomic E-state index is 12.3. The van der Waals surface area contributed by atoms with Crippen molar-refractivity contribution in [2.24, 2.45) is 0 Å². The van der Waals surface area contributed by atoms with E-state index in [0.29, 0.717) is 50.6 Å². The molecule has 1 aromatic carbocycles. The number of hydrogen-bond donors (Lipinski definition) is 2. The molecular weight excluding hydrogens is 370 g/mol. The van der Waals surface area contributed by atoms with Gasteiger partial charge in [-0.25, -0.2) is 13.4 Å². The molecule has 0 atom stereocenters. The summed E-state index contributed by atoms with van der Waals surface area (Å²) in [6.07, 6.45) is 0.413. The molecule has 0 aliphatic carbocycles. The van der Waals surface area contributed by atoms with Crippen molar-refractivity contribution in [3.05, 3.63) is 23.8 Å². The van der Waals surface area contributed by atoms with Crippen molar-refractivity contribution < 1.29 is 17.9 Å². The van der Waals surface area contributed by atoms with Crippen LogP contribution in [0.25, 0.3) is 10.9 Å². The normalized spacial score (nSPS) is 17.6. The van der Waals surface area contributed by atoms with Crippen molar-refractivity contribution in [2.75, 3.05) is 50.5 Å². The highest BCUT2D eigenvalue weighted by Gasteiger charge is 2.23. The van der Waals surface area contributed by atoms with Crippen LogP contribution in [0.1, 0.15) is 6.42 Å². The van der Waals surface area contributed by atoms with Gasteiger partial charge in [0.25, 0.3) is 0 Å². The second-order valence-corrected chi connectivity index (χ2v) is 8.66. The van der Waals surface area contributed by atoms with Gasteiger partial charge in [0.05, 0.1) is 31.1 Å². The second kappa shape index (κ2) is 7.45. The first-order valence-corrected chi connectivity index (χ1v) is 10.7. The molecule has 0 amide bonds. The maximum absolute atomic E-state index is 12.3. The molecule has 1 fully saturated rings. The number of aromatic nitrogens is 2. The molecule has 0 spiro atoms. The van der Waals surface area contributed by atoms with E-state index < -0.39 is 10.0 Å². The van der Waals surface area contributed by atoms with E-state index in [1.54, 1.807) is 6.07 Å². The van der Waals surface area contributed by atoms with Crippen molar-refractivity contribution in [1.29, 1.82) is 5.41 Å². The quantitative estimate of drug-likeness (QED) is 0.687. The minimum atomic E-state index is -3.26. The molecule has 3 heterocycles. The molecule has 0 bridgehead atoms. The zero-order chi connectivity index (χ0) is 18.9. The van der Waals surface area contributed by atoms with Gasteiger partial charge >= 0.3 is 0 Å². The fourth-order valence-corrected chi connectivity index (χ4v) is 4.85. The molecule has 10 heteroatoms. The SMILES string of the molecule is N=c1nc2cc(OCCCS(=O)(=O)N3CCOCC3)ccc2c2n1CCN2. The van der Waals surface area contributed by atoms with E-state index in [1.807, 2.05) is 16.7 Å². The third-order valence-electron chi connectivity index (χ3n) is 4.78. The first-order chi connectivity index (χ1) is 13.0. The Morgan fingerprint density at radius 2 is 2.07 bits per heavy atom. The number of hydrogen-bond acceptors (Lipinski definition) is 7. The summed E-state index contributed by atoms with van der Waals surface area (Å²) in [4.78, 5) is 4.33. The van der Waals surface area contributed by atoms with Crippen molar-refractivity contribution in [2.45, 2.75) is 13.0 Å². The lowest BCUT2D eigenvalue weighted by atomic mass is 10.2. The molecule has 9 nitrogen and oxygen atoms in total. The van der Waals surface area contributed by atoms with Gasteiger partial charge in [-0.15, -0.1) is 0 Å². The van der Waals surface area contributed by atoms with Crippen LogP contribution in [0.5, 0.6) is 5.75 Å². The molecule has 0 saturated carbocycles. The Morgan fingerprint density at radius 1 is 1.26 bits per heavy atom. The molecule has 0 radical (unpaired) electrons. The van der Waals surface area contributed by atoms with Crippen LogP contribution >= 0.6 is 0 Å². The monoisotopic (exact) mass is 393 g/mol. The van der Waals surface area contributed by atoms with E-state index in [2.05, 4.69) is 10.3 Å². The minimum Gasteiger partial charge on any atom is -0.493 e. The zero-order valence-corrected chi connectivity index (χ0v) is 15.8. The first kappa shape index (κ1) is 18.2. The molecular formula is C17H23N5O4S. The van der Waals surface area contributed by atoms with Gasteiger partial charge in [-0.2, -0.15) is 4.31 Å². The largest absolute Gasteiger partial charge is 0.493 e. The van der Waals surface area contributed by atoms with Crippen LogP contribution in [0.2, 0.25) is 0 Å². The average Bonchev–Trinajstić information content (AvgIpc) is 3.17. The topological polar surface area (TPSA) is 110 Å². The van der Waals surface area contributed by atoms with Crippen LogP contribution in [-0.4, -0.2) is 67.5 Å². The van der Waals surface area contributed by atoms with E-state index in [0.717, 1.165) is 24.3 Å². The molecule has 2 aliphatic heterocycles. The number of sulfonamides is 1. The number of morpholine rings is 1. The minimum absolute atomic E-state index is 0.0593. The summed E-state index contributed by atoms with van der Waals surface area (Å²) in [5, 5.41) is 12.3. The van der Waals surface area contributed by atoms with Crippen LogP contribution in [0.15, 0.2) is 18.2 Å². The summed E-state index contributed by atoms with van der Waals surface area (Å²) in [6, 6.07) is 5.57. The van der Waals surface area contributed by atoms with Gasteiger partial charge in [-0.05, 0) is 18.6 Å². The summed E-state index contributed by atoms with van der Waals surface area (Å²) in [6.45, 7) is 3.59. The van der Waals surface area contributed by atoms with E-state index in [4.69, 9.17) is 14.9 Å². The van der Waals surface area contributed by atoms with E-state index in [1.165, 1.54) is 4.31 Å². The van der Waals surface area contributed by atoms with Gasteiger partial charge < -0.3 is 14.8 Å². The molecule has 146 valence electrons. The third kappa shape index (κ3) is 3.78. The average molecular weight is 393 g/mol. The Kier molecular flexibility index (Phi) is 5.02. The van der Waals surface area contributed by atoms with Crippen LogP contribution in [0, 0.1) is 5.41 Å². The zero-order valence-electron chi connectivity index (χ0n) is 15.0. The lowest BCUT2D eigenvalue weighted by Gasteiger charge is -2.25. The Balaban J connectivity index is 1.38. The van der Waals surface area contributed by atoms with Crippen LogP contribution in [-0.2, 0) is 21.3 Å². The lowest BCUT2D eigenvalue weighted by molar-refractivity contribution is 0.0730. The molecule has 0 unspecified atom stereocenters. The molecule has 4 rings (SSSR count). The number of ether oxygens (including phenoxy) is 2. The number of fused-ring (bicyclic) bond motifs is 3. The molecule has 2 aliphatic rings. The number of nitrogens with zero attached hydrogens (tertiary/aromatic N) is 3. The molecule has 1 aromatic heterocycles. The van der Waals surface area contributed by atoms with Gasteiger partial charge in [0, 0.05) is 37.6 Å². The number of benzene rings is 1. The van der Waals surface area contributed by atoms with E-state index >= 15 is 0 Å². The second-order valence-electron chi connectivity index (χ2n) is 6.57. The number of anilines is 1. The van der Waals surface area contributed by atoms with Gasteiger partial charge in [0.15, 0.2) is 0 Å².